The van der Waals surface area contributed by atoms with Crippen LogP contribution in [-0.4, -0.2) is 28.4 Å². The van der Waals surface area contributed by atoms with Gasteiger partial charge in [-0.25, -0.2) is 4.79 Å². The van der Waals surface area contributed by atoms with Gasteiger partial charge in [-0.05, 0) is 45.0 Å². The molecule has 2 rings (SSSR count). The van der Waals surface area contributed by atoms with Crippen LogP contribution in [0.4, 0.5) is 0 Å². The Morgan fingerprint density at radius 3 is 2.48 bits per heavy atom. The first-order valence-electron chi connectivity index (χ1n) is 7.24. The zero-order valence-electron chi connectivity index (χ0n) is 13.8. The lowest BCUT2D eigenvalue weighted by molar-refractivity contribution is -0.133. The molecule has 0 bridgehead atoms. The number of carbonyl (C=O) groups excluding carboxylic acids is 1. The molecule has 0 saturated heterocycles. The Morgan fingerprint density at radius 1 is 1.20 bits per heavy atom. The molecule has 0 radical (unpaired) electrons. The molecular formula is C17H16Cl2O4S2. The van der Waals surface area contributed by atoms with Crippen LogP contribution in [-0.2, 0) is 9.53 Å². The van der Waals surface area contributed by atoms with Crippen LogP contribution in [0.5, 0.6) is 0 Å². The van der Waals surface area contributed by atoms with Crippen LogP contribution in [0.15, 0.2) is 29.2 Å². The zero-order chi connectivity index (χ0) is 18.8. The van der Waals surface area contributed by atoms with Crippen molar-refractivity contribution in [2.75, 3.05) is 5.75 Å². The first-order valence-corrected chi connectivity index (χ1v) is 9.80. The van der Waals surface area contributed by atoms with Crippen LogP contribution in [0.25, 0.3) is 10.4 Å². The van der Waals surface area contributed by atoms with E-state index in [0.29, 0.717) is 25.4 Å². The Bertz CT molecular complexity index is 809. The van der Waals surface area contributed by atoms with Crippen molar-refractivity contribution >= 4 is 58.2 Å². The van der Waals surface area contributed by atoms with Crippen LogP contribution in [0.2, 0.25) is 10.0 Å². The number of rotatable bonds is 5. The van der Waals surface area contributed by atoms with Crippen LogP contribution in [0, 0.1) is 0 Å². The van der Waals surface area contributed by atoms with Crippen LogP contribution in [0.1, 0.15) is 30.4 Å². The van der Waals surface area contributed by atoms with Gasteiger partial charge in [-0.2, -0.15) is 0 Å². The number of carboxylic acid groups (broad SMARTS) is 1. The number of carbonyl (C=O) groups is 2. The second-order valence-corrected chi connectivity index (χ2v) is 9.03. The lowest BCUT2D eigenvalue weighted by Gasteiger charge is -2.18. The van der Waals surface area contributed by atoms with Crippen molar-refractivity contribution in [1.29, 1.82) is 0 Å². The van der Waals surface area contributed by atoms with E-state index in [1.165, 1.54) is 11.3 Å². The minimum absolute atomic E-state index is 0.100. The number of halogens is 2. The Hall–Kier alpha value is -1.21. The molecule has 0 fully saturated rings. The third kappa shape index (κ3) is 5.64. The number of thiophene rings is 1. The molecule has 0 saturated carbocycles. The molecule has 0 aliphatic carbocycles. The average Bonchev–Trinajstić information content (AvgIpc) is 2.95. The van der Waals surface area contributed by atoms with E-state index < -0.39 is 11.6 Å². The van der Waals surface area contributed by atoms with E-state index in [0.717, 1.165) is 16.6 Å². The van der Waals surface area contributed by atoms with Gasteiger partial charge in [-0.1, -0.05) is 23.2 Å². The van der Waals surface area contributed by atoms with Gasteiger partial charge in [0.2, 0.25) is 0 Å². The minimum Gasteiger partial charge on any atom is -0.481 e. The third-order valence-electron chi connectivity index (χ3n) is 2.84. The molecule has 25 heavy (non-hydrogen) atoms. The summed E-state index contributed by atoms with van der Waals surface area (Å²) in [5.41, 5.74) is 0.122. The molecule has 4 nitrogen and oxygen atoms in total. The van der Waals surface area contributed by atoms with Gasteiger partial charge in [-0.15, -0.1) is 23.1 Å². The summed E-state index contributed by atoms with van der Waals surface area (Å²) in [7, 11) is 0. The summed E-state index contributed by atoms with van der Waals surface area (Å²) < 4.78 is 5.35. The average molecular weight is 419 g/mol. The van der Waals surface area contributed by atoms with E-state index in [2.05, 4.69) is 0 Å². The fraction of sp³-hybridized carbons (Fsp3) is 0.294. The zero-order valence-corrected chi connectivity index (χ0v) is 16.9. The van der Waals surface area contributed by atoms with Crippen molar-refractivity contribution in [3.05, 3.63) is 39.2 Å². The highest BCUT2D eigenvalue weighted by molar-refractivity contribution is 8.00. The van der Waals surface area contributed by atoms with Gasteiger partial charge in [0.05, 0.1) is 15.8 Å². The van der Waals surface area contributed by atoms with Crippen LogP contribution >= 0.6 is 46.3 Å². The number of hydrogen-bond donors (Lipinski definition) is 1. The number of aliphatic carboxylic acids is 1. The van der Waals surface area contributed by atoms with Gasteiger partial charge in [0, 0.05) is 15.3 Å². The highest BCUT2D eigenvalue weighted by Crippen LogP contribution is 2.40. The Labute approximate surface area is 164 Å². The van der Waals surface area contributed by atoms with E-state index in [1.54, 1.807) is 24.3 Å². The third-order valence-corrected chi connectivity index (χ3v) is 5.72. The van der Waals surface area contributed by atoms with Crippen molar-refractivity contribution in [3.8, 4) is 10.4 Å². The highest BCUT2D eigenvalue weighted by atomic mass is 35.5. The first kappa shape index (κ1) is 20.1. The summed E-state index contributed by atoms with van der Waals surface area (Å²) in [4.78, 5) is 24.7. The van der Waals surface area contributed by atoms with Crippen LogP contribution < -0.4 is 0 Å². The van der Waals surface area contributed by atoms with Crippen LogP contribution in [0.3, 0.4) is 0 Å². The van der Waals surface area contributed by atoms with Crippen molar-refractivity contribution < 1.29 is 19.4 Å². The summed E-state index contributed by atoms with van der Waals surface area (Å²) >= 11 is 14.9. The maximum Gasteiger partial charge on any atom is 0.348 e. The topological polar surface area (TPSA) is 63.6 Å². The predicted octanol–water partition coefficient (Wildman–Crippen LogP) is 5.85. The normalized spacial score (nSPS) is 11.4. The van der Waals surface area contributed by atoms with Gasteiger partial charge in [0.15, 0.2) is 0 Å². The van der Waals surface area contributed by atoms with E-state index in [-0.39, 0.29) is 11.7 Å². The van der Waals surface area contributed by atoms with E-state index in [4.69, 9.17) is 33.0 Å². The molecule has 1 aromatic carbocycles. The maximum atomic E-state index is 12.1. The van der Waals surface area contributed by atoms with Crippen molar-refractivity contribution in [1.82, 2.24) is 0 Å². The lowest BCUT2D eigenvalue weighted by atomic mass is 10.2. The fourth-order valence-corrected chi connectivity index (χ4v) is 4.19. The van der Waals surface area contributed by atoms with E-state index in [1.807, 2.05) is 20.8 Å². The molecule has 134 valence electrons. The smallest absolute Gasteiger partial charge is 0.348 e. The number of hydrogen-bond acceptors (Lipinski definition) is 5. The molecule has 8 heteroatoms. The van der Waals surface area contributed by atoms with E-state index >= 15 is 0 Å². The largest absolute Gasteiger partial charge is 0.481 e. The molecule has 0 atom stereocenters. The number of thioether (sulfide) groups is 1. The maximum absolute atomic E-state index is 12.1. The van der Waals surface area contributed by atoms with E-state index in [9.17, 15) is 9.59 Å². The standard InChI is InChI=1S/C17H16Cl2O4S2/c1-17(2,3)23-16(22)13-5-4-12(25-13)9-6-11(19)14(7-10(9)18)24-8-15(20)21/h4-7H,8H2,1-3H3,(H,20,21). The second kappa shape index (κ2) is 7.99. The SMILES string of the molecule is CC(C)(C)OC(=O)c1ccc(-c2cc(Cl)c(SCC(=O)O)cc2Cl)s1. The van der Waals surface area contributed by atoms with Gasteiger partial charge < -0.3 is 9.84 Å². The molecule has 0 aliphatic heterocycles. The predicted molar refractivity (Wildman–Crippen MR) is 103 cm³/mol. The summed E-state index contributed by atoms with van der Waals surface area (Å²) in [5.74, 6) is -1.42. The van der Waals surface area contributed by atoms with Gasteiger partial charge in [0.25, 0.3) is 0 Å². The summed E-state index contributed by atoms with van der Waals surface area (Å²) in [6.07, 6.45) is 0. The summed E-state index contributed by atoms with van der Waals surface area (Å²) in [5, 5.41) is 9.62. The number of benzene rings is 1. The second-order valence-electron chi connectivity index (χ2n) is 6.11. The summed E-state index contributed by atoms with van der Waals surface area (Å²) in [6, 6.07) is 6.79. The molecule has 1 N–H and O–H groups in total. The molecular weight excluding hydrogens is 403 g/mol. The molecule has 1 heterocycles. The highest BCUT2D eigenvalue weighted by Gasteiger charge is 2.20. The number of esters is 1. The Morgan fingerprint density at radius 2 is 1.88 bits per heavy atom. The molecule has 0 amide bonds. The first-order chi connectivity index (χ1) is 11.6. The number of ether oxygens (including phenoxy) is 1. The fourth-order valence-electron chi connectivity index (χ4n) is 1.89. The van der Waals surface area contributed by atoms with Gasteiger partial charge in [0.1, 0.15) is 10.5 Å². The molecule has 0 spiro atoms. The van der Waals surface area contributed by atoms with Crippen molar-refractivity contribution in [2.24, 2.45) is 0 Å². The Kier molecular flexibility index (Phi) is 6.43. The monoisotopic (exact) mass is 418 g/mol. The minimum atomic E-state index is -0.929. The lowest BCUT2D eigenvalue weighted by Crippen LogP contribution is -2.23. The summed E-state index contributed by atoms with van der Waals surface area (Å²) in [6.45, 7) is 5.43. The molecule has 0 aliphatic rings. The van der Waals surface area contributed by atoms with Crippen molar-refractivity contribution in [3.63, 3.8) is 0 Å². The van der Waals surface area contributed by atoms with Crippen molar-refractivity contribution in [2.45, 2.75) is 31.3 Å². The van der Waals surface area contributed by atoms with Gasteiger partial charge in [-0.3, -0.25) is 4.79 Å². The van der Waals surface area contributed by atoms with Gasteiger partial charge >= 0.3 is 11.9 Å². The quantitative estimate of drug-likeness (QED) is 0.486. The molecule has 2 aromatic rings. The molecule has 0 unspecified atom stereocenters. The molecule has 1 aromatic heterocycles. The number of carboxylic acids is 1. The Balaban J connectivity index is 2.26.